The first kappa shape index (κ1) is 20.9. The number of nitrogens with zero attached hydrogens (tertiary/aromatic N) is 4. The maximum Gasteiger partial charge on any atom is 0.277 e. The Morgan fingerprint density at radius 3 is 2.55 bits per heavy atom. The van der Waals surface area contributed by atoms with Gasteiger partial charge in [0.15, 0.2) is 10.9 Å². The number of carbonyl (C=O) groups excluding carboxylic acids is 1. The van der Waals surface area contributed by atoms with Gasteiger partial charge in [-0.15, -0.1) is 10.2 Å². The zero-order valence-electron chi connectivity index (χ0n) is 17.8. The van der Waals surface area contributed by atoms with Crippen molar-refractivity contribution in [1.29, 1.82) is 0 Å². The molecule has 4 aromatic rings. The Balaban J connectivity index is 1.43. The molecule has 0 atom stereocenters. The maximum absolute atomic E-state index is 12.5. The summed E-state index contributed by atoms with van der Waals surface area (Å²) in [5.41, 5.74) is 5.45. The molecule has 8 heteroatoms. The Labute approximate surface area is 184 Å². The molecule has 0 spiro atoms. The van der Waals surface area contributed by atoms with E-state index in [1.165, 1.54) is 29.2 Å². The van der Waals surface area contributed by atoms with E-state index in [-0.39, 0.29) is 11.6 Å². The van der Waals surface area contributed by atoms with Crippen molar-refractivity contribution in [3.05, 3.63) is 82.8 Å². The second-order valence-corrected chi connectivity index (χ2v) is 8.31. The Bertz CT molecular complexity index is 1230. The lowest BCUT2D eigenvalue weighted by atomic mass is 10.1. The van der Waals surface area contributed by atoms with E-state index in [0.29, 0.717) is 11.6 Å². The predicted octanol–water partition coefficient (Wildman–Crippen LogP) is 5.03. The van der Waals surface area contributed by atoms with Gasteiger partial charge in [-0.1, -0.05) is 35.5 Å². The van der Waals surface area contributed by atoms with Crippen molar-refractivity contribution in [2.45, 2.75) is 38.6 Å². The van der Waals surface area contributed by atoms with Crippen LogP contribution in [0.2, 0.25) is 0 Å². The number of benzene rings is 2. The fourth-order valence-corrected chi connectivity index (χ4v) is 3.90. The minimum Gasteiger partial charge on any atom is -0.447 e. The highest BCUT2D eigenvalue weighted by molar-refractivity contribution is 7.98. The lowest BCUT2D eigenvalue weighted by Crippen LogP contribution is -2.12. The van der Waals surface area contributed by atoms with Crippen molar-refractivity contribution < 1.29 is 9.21 Å². The molecule has 2 aromatic carbocycles. The number of carbonyl (C=O) groups is 1. The summed E-state index contributed by atoms with van der Waals surface area (Å²) in [5.74, 6) is 1.38. The van der Waals surface area contributed by atoms with Crippen molar-refractivity contribution in [2.75, 3.05) is 5.32 Å². The monoisotopic (exact) mass is 433 g/mol. The van der Waals surface area contributed by atoms with Crippen molar-refractivity contribution in [3.8, 4) is 5.69 Å². The van der Waals surface area contributed by atoms with E-state index in [0.717, 1.165) is 27.9 Å². The molecule has 158 valence electrons. The van der Waals surface area contributed by atoms with Gasteiger partial charge in [0.05, 0.1) is 5.75 Å². The van der Waals surface area contributed by atoms with Gasteiger partial charge in [-0.05, 0) is 63.1 Å². The average Bonchev–Trinajstić information content (AvgIpc) is 3.37. The molecule has 0 aliphatic rings. The smallest absolute Gasteiger partial charge is 0.277 e. The summed E-state index contributed by atoms with van der Waals surface area (Å²) in [6, 6.07) is 14.0. The van der Waals surface area contributed by atoms with Crippen LogP contribution < -0.4 is 5.32 Å². The molecule has 0 saturated heterocycles. The van der Waals surface area contributed by atoms with E-state index >= 15 is 0 Å². The highest BCUT2D eigenvalue weighted by Gasteiger charge is 2.16. The van der Waals surface area contributed by atoms with E-state index in [9.17, 15) is 4.79 Å². The highest BCUT2D eigenvalue weighted by Crippen LogP contribution is 2.25. The molecular weight excluding hydrogens is 410 g/mol. The number of rotatable bonds is 6. The summed E-state index contributed by atoms with van der Waals surface area (Å²) in [5, 5.41) is 12.1. The number of oxazole rings is 1. The maximum atomic E-state index is 12.5. The Hall–Kier alpha value is -3.39. The van der Waals surface area contributed by atoms with Crippen LogP contribution in [0.4, 0.5) is 5.69 Å². The zero-order chi connectivity index (χ0) is 22.0. The molecule has 0 aliphatic heterocycles. The molecule has 0 unspecified atom stereocenters. The molecule has 1 N–H and O–H groups in total. The number of aromatic nitrogens is 4. The first-order valence-electron chi connectivity index (χ1n) is 9.85. The summed E-state index contributed by atoms with van der Waals surface area (Å²) in [4.78, 5) is 16.8. The van der Waals surface area contributed by atoms with Gasteiger partial charge in [0.1, 0.15) is 12.1 Å². The number of nitrogens with one attached hydrogen (secondary N) is 1. The molecule has 0 fully saturated rings. The SMILES string of the molecule is Cc1ccc(-n2c(C)nnc2SCc2nc(C(=O)Nc3ccc(C)c(C)c3)co2)cc1. The fourth-order valence-electron chi connectivity index (χ4n) is 3.05. The molecule has 0 aliphatic carbocycles. The Morgan fingerprint density at radius 1 is 1.03 bits per heavy atom. The van der Waals surface area contributed by atoms with Crippen molar-refractivity contribution in [1.82, 2.24) is 19.7 Å². The van der Waals surface area contributed by atoms with Gasteiger partial charge >= 0.3 is 0 Å². The Kier molecular flexibility index (Phi) is 5.90. The van der Waals surface area contributed by atoms with E-state index in [1.54, 1.807) is 0 Å². The van der Waals surface area contributed by atoms with Gasteiger partial charge < -0.3 is 9.73 Å². The van der Waals surface area contributed by atoms with Gasteiger partial charge in [0.2, 0.25) is 5.89 Å². The molecule has 2 heterocycles. The van der Waals surface area contributed by atoms with Crippen LogP contribution in [0.15, 0.2) is 58.3 Å². The summed E-state index contributed by atoms with van der Waals surface area (Å²) >= 11 is 1.45. The summed E-state index contributed by atoms with van der Waals surface area (Å²) in [6.45, 7) is 8.00. The molecule has 31 heavy (non-hydrogen) atoms. The topological polar surface area (TPSA) is 85.8 Å². The lowest BCUT2D eigenvalue weighted by molar-refractivity contribution is 0.102. The lowest BCUT2D eigenvalue weighted by Gasteiger charge is -2.08. The van der Waals surface area contributed by atoms with Crippen LogP contribution in [0, 0.1) is 27.7 Å². The van der Waals surface area contributed by atoms with Crippen LogP contribution in [0.1, 0.15) is 38.9 Å². The van der Waals surface area contributed by atoms with Gasteiger partial charge in [-0.3, -0.25) is 9.36 Å². The third-order valence-corrected chi connectivity index (χ3v) is 5.87. The van der Waals surface area contributed by atoms with Crippen molar-refractivity contribution in [3.63, 3.8) is 0 Å². The van der Waals surface area contributed by atoms with Crippen LogP contribution >= 0.6 is 11.8 Å². The predicted molar refractivity (Wildman–Crippen MR) is 121 cm³/mol. The van der Waals surface area contributed by atoms with Crippen LogP contribution in [0.25, 0.3) is 5.69 Å². The number of anilines is 1. The minimum atomic E-state index is -0.304. The highest BCUT2D eigenvalue weighted by atomic mass is 32.2. The first-order valence-corrected chi connectivity index (χ1v) is 10.8. The third-order valence-electron chi connectivity index (χ3n) is 4.96. The van der Waals surface area contributed by atoms with Gasteiger partial charge in [0.25, 0.3) is 5.91 Å². The van der Waals surface area contributed by atoms with E-state index < -0.39 is 0 Å². The number of thioether (sulfide) groups is 1. The van der Waals surface area contributed by atoms with Gasteiger partial charge in [-0.25, -0.2) is 4.98 Å². The van der Waals surface area contributed by atoms with Gasteiger partial charge in [0, 0.05) is 11.4 Å². The summed E-state index contributed by atoms with van der Waals surface area (Å²) < 4.78 is 7.49. The number of aryl methyl sites for hydroxylation is 4. The van der Waals surface area contributed by atoms with Crippen LogP contribution in [0.5, 0.6) is 0 Å². The minimum absolute atomic E-state index is 0.241. The second-order valence-electron chi connectivity index (χ2n) is 7.37. The quantitative estimate of drug-likeness (QED) is 0.429. The van der Waals surface area contributed by atoms with Crippen molar-refractivity contribution >= 4 is 23.4 Å². The molecule has 0 saturated carbocycles. The van der Waals surface area contributed by atoms with Crippen molar-refractivity contribution in [2.24, 2.45) is 0 Å². The molecule has 0 bridgehead atoms. The third kappa shape index (κ3) is 4.69. The standard InChI is InChI=1S/C23H23N5O2S/c1-14-5-9-19(10-6-14)28-17(4)26-27-23(28)31-13-21-25-20(12-30-21)22(29)24-18-8-7-15(2)16(3)11-18/h5-12H,13H2,1-4H3,(H,24,29). The molecular formula is C23H23N5O2S. The van der Waals surface area contributed by atoms with Crippen LogP contribution in [0.3, 0.4) is 0 Å². The summed E-state index contributed by atoms with van der Waals surface area (Å²) in [6.07, 6.45) is 1.38. The van der Waals surface area contributed by atoms with Crippen LogP contribution in [-0.4, -0.2) is 25.7 Å². The first-order chi connectivity index (χ1) is 14.9. The number of hydrogen-bond acceptors (Lipinski definition) is 6. The van der Waals surface area contributed by atoms with E-state index in [2.05, 4.69) is 39.6 Å². The molecule has 0 radical (unpaired) electrons. The number of hydrogen-bond donors (Lipinski definition) is 1. The fraction of sp³-hybridized carbons (Fsp3) is 0.217. The zero-order valence-corrected chi connectivity index (χ0v) is 18.7. The largest absolute Gasteiger partial charge is 0.447 e. The summed E-state index contributed by atoms with van der Waals surface area (Å²) in [7, 11) is 0. The number of amides is 1. The molecule has 4 rings (SSSR count). The van der Waals surface area contributed by atoms with Gasteiger partial charge in [-0.2, -0.15) is 0 Å². The normalized spacial score (nSPS) is 11.0. The second kappa shape index (κ2) is 8.77. The van der Waals surface area contributed by atoms with E-state index in [4.69, 9.17) is 4.42 Å². The van der Waals surface area contributed by atoms with Crippen LogP contribution in [-0.2, 0) is 5.75 Å². The molecule has 7 nitrogen and oxygen atoms in total. The Morgan fingerprint density at radius 2 is 1.81 bits per heavy atom. The average molecular weight is 434 g/mol. The molecule has 1 amide bonds. The van der Waals surface area contributed by atoms with E-state index in [1.807, 2.05) is 55.7 Å². The molecule has 2 aromatic heterocycles.